The van der Waals surface area contributed by atoms with Crippen LogP contribution < -0.4 is 0 Å². The maximum Gasteiger partial charge on any atom is 0.472 e. The maximum atomic E-state index is 12.8. The lowest BCUT2D eigenvalue weighted by molar-refractivity contribution is -0.870. The first-order valence-electron chi connectivity index (χ1n) is 32.5. The van der Waals surface area contributed by atoms with Crippen LogP contribution in [0.25, 0.3) is 0 Å². The Kier molecular flexibility index (Phi) is 57.2. The van der Waals surface area contributed by atoms with Gasteiger partial charge in [0.1, 0.15) is 19.8 Å². The van der Waals surface area contributed by atoms with Gasteiger partial charge in [0.2, 0.25) is 0 Å². The summed E-state index contributed by atoms with van der Waals surface area (Å²) in [6.45, 7) is 4.30. The number of rotatable bonds is 59. The molecule has 2 unspecified atom stereocenters. The summed E-state index contributed by atoms with van der Waals surface area (Å²) in [5.74, 6) is -0.807. The van der Waals surface area contributed by atoms with Gasteiger partial charge in [0, 0.05) is 12.8 Å². The SMILES string of the molecule is CC/C=C\C/C=C\C/C=C\C/C=C\C/C=C\C/C=C\CCCCCCCCCCCCCCCCCCCCCCC(=O)OC(COC(=O)CCCCCCC/C=C\C/C=C\CCCCCC)COP(=O)(O)OCC[N+](C)(C)C. The molecule has 0 spiro atoms. The van der Waals surface area contributed by atoms with Crippen molar-refractivity contribution >= 4 is 19.8 Å². The van der Waals surface area contributed by atoms with Crippen LogP contribution in [-0.4, -0.2) is 74.9 Å². The smallest absolute Gasteiger partial charge is 0.462 e. The molecule has 0 aromatic heterocycles. The van der Waals surface area contributed by atoms with Gasteiger partial charge in [0.05, 0.1) is 27.7 Å². The predicted octanol–water partition coefficient (Wildman–Crippen LogP) is 20.8. The largest absolute Gasteiger partial charge is 0.472 e. The standard InChI is InChI=1S/C69H122NO8P/c1-6-8-10-12-14-16-18-20-22-24-25-26-27-28-29-30-31-32-33-34-35-36-37-38-39-40-41-42-43-44-45-46-48-50-52-54-56-58-60-62-69(72)78-67(66-77-79(73,74)76-64-63-70(3,4)5)65-75-68(71)61-59-57-55-53-51-49-47-23-21-19-17-15-13-11-9-7-2/h8,10,14,16-17,19-20,22-23,25-26,28-29,31-32,47,67H,6-7,9,11-13,15,18,21,24,27,30,33-46,48-66H2,1-5H3/p+1/b10-8-,16-14-,19-17-,22-20-,26-25-,29-28-,32-31-,47-23-. The molecule has 0 aromatic carbocycles. The molecule has 9 nitrogen and oxygen atoms in total. The van der Waals surface area contributed by atoms with E-state index >= 15 is 0 Å². The van der Waals surface area contributed by atoms with Crippen molar-refractivity contribution in [3.05, 3.63) is 97.2 Å². The lowest BCUT2D eigenvalue weighted by Gasteiger charge is -2.24. The minimum Gasteiger partial charge on any atom is -0.462 e. The summed E-state index contributed by atoms with van der Waals surface area (Å²) in [7, 11) is 1.47. The first-order chi connectivity index (χ1) is 38.5. The Morgan fingerprint density at radius 1 is 0.405 bits per heavy atom. The predicted molar refractivity (Wildman–Crippen MR) is 339 cm³/mol. The number of phosphoric ester groups is 1. The molecule has 0 aliphatic heterocycles. The molecule has 456 valence electrons. The molecule has 0 saturated carbocycles. The minimum absolute atomic E-state index is 0.0277. The topological polar surface area (TPSA) is 108 Å². The van der Waals surface area contributed by atoms with E-state index in [9.17, 15) is 19.0 Å². The molecule has 0 aromatic rings. The second-order valence-corrected chi connectivity index (χ2v) is 24.2. The fourth-order valence-corrected chi connectivity index (χ4v) is 9.62. The Morgan fingerprint density at radius 2 is 0.722 bits per heavy atom. The molecule has 79 heavy (non-hydrogen) atoms. The second-order valence-electron chi connectivity index (χ2n) is 22.8. The van der Waals surface area contributed by atoms with Crippen molar-refractivity contribution < 1.29 is 42.1 Å². The zero-order valence-corrected chi connectivity index (χ0v) is 52.7. The van der Waals surface area contributed by atoms with Gasteiger partial charge in [-0.1, -0.05) is 265 Å². The number of quaternary nitrogens is 1. The van der Waals surface area contributed by atoms with Gasteiger partial charge in [0.15, 0.2) is 6.10 Å². The van der Waals surface area contributed by atoms with Gasteiger partial charge in [-0.15, -0.1) is 0 Å². The molecule has 0 aliphatic carbocycles. The molecule has 2 atom stereocenters. The summed E-state index contributed by atoms with van der Waals surface area (Å²) in [5.41, 5.74) is 0. The van der Waals surface area contributed by atoms with Crippen molar-refractivity contribution in [3.63, 3.8) is 0 Å². The summed E-state index contributed by atoms with van der Waals surface area (Å²) in [6.07, 6.45) is 82.2. The average Bonchev–Trinajstić information content (AvgIpc) is 3.41. The Balaban J connectivity index is 3.97. The van der Waals surface area contributed by atoms with Crippen LogP contribution in [0.3, 0.4) is 0 Å². The number of likely N-dealkylation sites (N-methyl/N-ethyl adjacent to an activating group) is 1. The Labute approximate surface area is 487 Å². The third-order valence-electron chi connectivity index (χ3n) is 13.8. The monoisotopic (exact) mass is 1120 g/mol. The molecule has 0 bridgehead atoms. The fourth-order valence-electron chi connectivity index (χ4n) is 8.87. The summed E-state index contributed by atoms with van der Waals surface area (Å²) < 4.78 is 34.6. The zero-order chi connectivity index (χ0) is 57.7. The Bertz CT molecular complexity index is 1650. The second kappa shape index (κ2) is 59.5. The third kappa shape index (κ3) is 64.0. The van der Waals surface area contributed by atoms with Crippen LogP contribution in [-0.2, 0) is 32.7 Å². The van der Waals surface area contributed by atoms with Crippen molar-refractivity contribution in [1.82, 2.24) is 0 Å². The van der Waals surface area contributed by atoms with E-state index < -0.39 is 26.5 Å². The molecule has 0 heterocycles. The lowest BCUT2D eigenvalue weighted by Crippen LogP contribution is -2.37. The van der Waals surface area contributed by atoms with Crippen molar-refractivity contribution in [2.45, 2.75) is 283 Å². The highest BCUT2D eigenvalue weighted by molar-refractivity contribution is 7.47. The van der Waals surface area contributed by atoms with Crippen LogP contribution in [0.5, 0.6) is 0 Å². The van der Waals surface area contributed by atoms with Gasteiger partial charge in [-0.25, -0.2) is 4.57 Å². The number of ether oxygens (including phenoxy) is 2. The number of carbonyl (C=O) groups is 2. The molecule has 0 fully saturated rings. The number of unbranched alkanes of at least 4 members (excludes halogenated alkanes) is 29. The van der Waals surface area contributed by atoms with Crippen molar-refractivity contribution in [2.24, 2.45) is 0 Å². The number of phosphoric acid groups is 1. The summed E-state index contributed by atoms with van der Waals surface area (Å²) in [5, 5.41) is 0. The maximum absolute atomic E-state index is 12.8. The summed E-state index contributed by atoms with van der Waals surface area (Å²) in [6, 6.07) is 0. The fraction of sp³-hybridized carbons (Fsp3) is 0.739. The van der Waals surface area contributed by atoms with Crippen LogP contribution >= 0.6 is 7.82 Å². The van der Waals surface area contributed by atoms with Crippen LogP contribution in [0.15, 0.2) is 97.2 Å². The molecular weight excluding hydrogens is 1000 g/mol. The number of hydrogen-bond acceptors (Lipinski definition) is 7. The first kappa shape index (κ1) is 75.9. The van der Waals surface area contributed by atoms with Crippen LogP contribution in [0.2, 0.25) is 0 Å². The number of carbonyl (C=O) groups excluding carboxylic acids is 2. The summed E-state index contributed by atoms with van der Waals surface area (Å²) >= 11 is 0. The van der Waals surface area contributed by atoms with Crippen molar-refractivity contribution in [2.75, 3.05) is 47.5 Å². The first-order valence-corrected chi connectivity index (χ1v) is 34.0. The highest BCUT2D eigenvalue weighted by Crippen LogP contribution is 2.43. The van der Waals surface area contributed by atoms with Gasteiger partial charge < -0.3 is 18.9 Å². The van der Waals surface area contributed by atoms with E-state index in [1.54, 1.807) is 0 Å². The van der Waals surface area contributed by atoms with E-state index in [-0.39, 0.29) is 32.0 Å². The number of allylic oxidation sites excluding steroid dienone is 16. The Morgan fingerprint density at radius 3 is 1.08 bits per heavy atom. The molecule has 10 heteroatoms. The molecule has 0 amide bonds. The lowest BCUT2D eigenvalue weighted by atomic mass is 10.0. The van der Waals surface area contributed by atoms with Crippen molar-refractivity contribution in [1.29, 1.82) is 0 Å². The van der Waals surface area contributed by atoms with Gasteiger partial charge >= 0.3 is 19.8 Å². The third-order valence-corrected chi connectivity index (χ3v) is 14.8. The van der Waals surface area contributed by atoms with E-state index in [0.29, 0.717) is 17.4 Å². The van der Waals surface area contributed by atoms with Crippen LogP contribution in [0, 0.1) is 0 Å². The van der Waals surface area contributed by atoms with E-state index in [1.807, 2.05) is 21.1 Å². The normalized spacial score (nSPS) is 13.8. The Hall–Kier alpha value is -3.07. The van der Waals surface area contributed by atoms with Gasteiger partial charge in [-0.05, 0) is 96.3 Å². The van der Waals surface area contributed by atoms with Crippen molar-refractivity contribution in [3.8, 4) is 0 Å². The van der Waals surface area contributed by atoms with E-state index in [0.717, 1.165) is 96.3 Å². The average molecular weight is 1130 g/mol. The number of hydrogen-bond donors (Lipinski definition) is 1. The van der Waals surface area contributed by atoms with Gasteiger partial charge in [0.25, 0.3) is 0 Å². The highest BCUT2D eigenvalue weighted by Gasteiger charge is 2.27. The van der Waals surface area contributed by atoms with Crippen LogP contribution in [0.1, 0.15) is 277 Å². The van der Waals surface area contributed by atoms with Gasteiger partial charge in [-0.3, -0.25) is 18.6 Å². The van der Waals surface area contributed by atoms with Crippen LogP contribution in [0.4, 0.5) is 0 Å². The quantitative estimate of drug-likeness (QED) is 0.0211. The molecule has 0 rings (SSSR count). The van der Waals surface area contributed by atoms with E-state index in [1.165, 1.54) is 148 Å². The minimum atomic E-state index is -4.39. The summed E-state index contributed by atoms with van der Waals surface area (Å²) in [4.78, 5) is 35.7. The highest BCUT2D eigenvalue weighted by atomic mass is 31.2. The molecular formula is C69H123NO8P+. The molecule has 0 saturated heterocycles. The molecule has 0 radical (unpaired) electrons. The molecule has 1 N–H and O–H groups in total. The zero-order valence-electron chi connectivity index (χ0n) is 51.8. The number of esters is 2. The van der Waals surface area contributed by atoms with E-state index in [2.05, 4.69) is 111 Å². The van der Waals surface area contributed by atoms with Gasteiger partial charge in [-0.2, -0.15) is 0 Å². The number of nitrogens with zero attached hydrogens (tertiary/aromatic N) is 1. The van der Waals surface area contributed by atoms with E-state index in [4.69, 9.17) is 18.5 Å². The molecule has 0 aliphatic rings.